The predicted molar refractivity (Wildman–Crippen MR) is 47.6 cm³/mol. The van der Waals surface area contributed by atoms with Crippen LogP contribution < -0.4 is 0 Å². The molecule has 0 atom stereocenters. The van der Waals surface area contributed by atoms with Crippen LogP contribution in [0.2, 0.25) is 0 Å². The van der Waals surface area contributed by atoms with Gasteiger partial charge in [0, 0.05) is 11.1 Å². The van der Waals surface area contributed by atoms with Crippen LogP contribution in [0.3, 0.4) is 0 Å². The summed E-state index contributed by atoms with van der Waals surface area (Å²) in [5, 5.41) is 0. The highest BCUT2D eigenvalue weighted by Gasteiger charge is 1.99. The van der Waals surface area contributed by atoms with Crippen molar-refractivity contribution in [2.24, 2.45) is 0 Å². The van der Waals surface area contributed by atoms with E-state index in [1.54, 1.807) is 24.3 Å². The number of terminal acetylenes is 1. The van der Waals surface area contributed by atoms with Crippen molar-refractivity contribution in [3.8, 4) is 12.3 Å². The van der Waals surface area contributed by atoms with Gasteiger partial charge in [-0.1, -0.05) is 18.1 Å². The zero-order chi connectivity index (χ0) is 8.27. The Hall–Kier alpha value is -1.07. The first kappa shape index (κ1) is 8.03. The van der Waals surface area contributed by atoms with Gasteiger partial charge >= 0.3 is 0 Å². The van der Waals surface area contributed by atoms with E-state index in [0.29, 0.717) is 5.56 Å². The first-order valence-corrected chi connectivity index (χ1v) is 3.80. The van der Waals surface area contributed by atoms with E-state index < -0.39 is 0 Å². The van der Waals surface area contributed by atoms with Crippen molar-refractivity contribution in [2.75, 3.05) is 0 Å². The van der Waals surface area contributed by atoms with Crippen molar-refractivity contribution in [1.82, 2.24) is 0 Å². The molecule has 0 heterocycles. The number of benzene rings is 1. The Bertz CT molecular complexity index is 323. The molecule has 0 N–H and O–H groups in total. The van der Waals surface area contributed by atoms with Gasteiger partial charge in [0.15, 0.2) is 0 Å². The molecule has 0 amide bonds. The molecule has 1 aromatic carbocycles. The largest absolute Gasteiger partial charge is 0.281 e. The molecule has 0 aliphatic carbocycles. The van der Waals surface area contributed by atoms with Crippen LogP contribution in [0.25, 0.3) is 0 Å². The Morgan fingerprint density at radius 3 is 2.82 bits per heavy atom. The first-order valence-electron chi connectivity index (χ1n) is 3.00. The van der Waals surface area contributed by atoms with E-state index in [4.69, 9.17) is 6.42 Å². The predicted octanol–water partition coefficient (Wildman–Crippen LogP) is 2.20. The van der Waals surface area contributed by atoms with Gasteiger partial charge in [0.25, 0.3) is 0 Å². The summed E-state index contributed by atoms with van der Waals surface area (Å²) in [6.45, 7) is 0. The fraction of sp³-hybridized carbons (Fsp3) is 0. The summed E-state index contributed by atoms with van der Waals surface area (Å²) < 4.78 is -0.144. The van der Waals surface area contributed by atoms with Gasteiger partial charge in [-0.05, 0) is 28.1 Å². The third-order valence-corrected chi connectivity index (χ3v) is 1.71. The Kier molecular flexibility index (Phi) is 2.45. The number of hydrogen-bond donors (Lipinski definition) is 0. The molecule has 11 heavy (non-hydrogen) atoms. The summed E-state index contributed by atoms with van der Waals surface area (Å²) >= 11 is 2.84. The zero-order valence-corrected chi connectivity index (χ0v) is 7.26. The maximum atomic E-state index is 10.8. The fourth-order valence-corrected chi connectivity index (χ4v) is 0.978. The Labute approximate surface area is 73.6 Å². The minimum Gasteiger partial charge on any atom is -0.281 e. The maximum Gasteiger partial charge on any atom is 0.228 e. The van der Waals surface area contributed by atoms with Crippen LogP contribution in [0.4, 0.5) is 0 Å². The number of rotatable bonds is 1. The molecule has 0 saturated heterocycles. The molecule has 0 unspecified atom stereocenters. The van der Waals surface area contributed by atoms with Crippen molar-refractivity contribution in [3.05, 3.63) is 35.4 Å². The van der Waals surface area contributed by atoms with E-state index in [0.717, 1.165) is 5.56 Å². The first-order chi connectivity index (χ1) is 5.24. The minimum absolute atomic E-state index is 0.144. The van der Waals surface area contributed by atoms with E-state index in [9.17, 15) is 4.79 Å². The van der Waals surface area contributed by atoms with Crippen molar-refractivity contribution < 1.29 is 4.79 Å². The molecule has 1 aromatic rings. The molecule has 0 aliphatic rings. The Morgan fingerprint density at radius 2 is 2.27 bits per heavy atom. The summed E-state index contributed by atoms with van der Waals surface area (Å²) in [7, 11) is 0. The summed E-state index contributed by atoms with van der Waals surface area (Å²) in [5.74, 6) is 2.45. The maximum absolute atomic E-state index is 10.8. The highest BCUT2D eigenvalue weighted by molar-refractivity contribution is 9.18. The third kappa shape index (κ3) is 1.92. The number of carbonyl (C=O) groups is 1. The molecule has 0 bridgehead atoms. The molecule has 2 heteroatoms. The van der Waals surface area contributed by atoms with Gasteiger partial charge in [0.1, 0.15) is 0 Å². The van der Waals surface area contributed by atoms with Crippen LogP contribution in [-0.4, -0.2) is 4.69 Å². The van der Waals surface area contributed by atoms with Gasteiger partial charge in [0.2, 0.25) is 4.69 Å². The van der Waals surface area contributed by atoms with E-state index in [2.05, 4.69) is 21.9 Å². The van der Waals surface area contributed by atoms with Gasteiger partial charge in [0.05, 0.1) is 0 Å². The lowest BCUT2D eigenvalue weighted by Crippen LogP contribution is -1.87. The molecule has 1 rings (SSSR count). The van der Waals surface area contributed by atoms with Gasteiger partial charge in [-0.25, -0.2) is 0 Å². The third-order valence-electron chi connectivity index (χ3n) is 1.26. The molecular formula is C9H5BrO. The van der Waals surface area contributed by atoms with Crippen LogP contribution in [0.1, 0.15) is 15.9 Å². The molecular weight excluding hydrogens is 204 g/mol. The van der Waals surface area contributed by atoms with Crippen molar-refractivity contribution in [2.45, 2.75) is 0 Å². The molecule has 0 aromatic heterocycles. The number of halogens is 1. The normalized spacial score (nSPS) is 8.73. The van der Waals surface area contributed by atoms with E-state index in [1.807, 2.05) is 0 Å². The second-order valence-electron chi connectivity index (χ2n) is 2.00. The SMILES string of the molecule is C#Cc1cccc(C(=O)Br)c1. The summed E-state index contributed by atoms with van der Waals surface area (Å²) in [4.78, 5) is 10.8. The van der Waals surface area contributed by atoms with Gasteiger partial charge in [-0.2, -0.15) is 0 Å². The van der Waals surface area contributed by atoms with E-state index >= 15 is 0 Å². The molecule has 0 fully saturated rings. The fourth-order valence-electron chi connectivity index (χ4n) is 0.731. The van der Waals surface area contributed by atoms with E-state index in [-0.39, 0.29) is 4.69 Å². The average molecular weight is 209 g/mol. The monoisotopic (exact) mass is 208 g/mol. The second-order valence-corrected chi connectivity index (χ2v) is 2.72. The minimum atomic E-state index is -0.144. The van der Waals surface area contributed by atoms with Crippen molar-refractivity contribution in [1.29, 1.82) is 0 Å². The second kappa shape index (κ2) is 3.36. The average Bonchev–Trinajstić information content (AvgIpc) is 2.05. The number of hydrogen-bond acceptors (Lipinski definition) is 1. The molecule has 0 saturated carbocycles. The van der Waals surface area contributed by atoms with Crippen molar-refractivity contribution in [3.63, 3.8) is 0 Å². The summed E-state index contributed by atoms with van der Waals surface area (Å²) in [6.07, 6.45) is 5.14. The molecule has 1 nitrogen and oxygen atoms in total. The van der Waals surface area contributed by atoms with Gasteiger partial charge in [-0.3, -0.25) is 4.79 Å². The lowest BCUT2D eigenvalue weighted by Gasteiger charge is -1.93. The lowest BCUT2D eigenvalue weighted by atomic mass is 10.1. The van der Waals surface area contributed by atoms with E-state index in [1.165, 1.54) is 0 Å². The highest BCUT2D eigenvalue weighted by atomic mass is 79.9. The standard InChI is InChI=1S/C9H5BrO/c1-2-7-4-3-5-8(6-7)9(10)11/h1,3-6H. The van der Waals surface area contributed by atoms with Crippen LogP contribution in [0.5, 0.6) is 0 Å². The topological polar surface area (TPSA) is 17.1 Å². The quantitative estimate of drug-likeness (QED) is 0.511. The highest BCUT2D eigenvalue weighted by Crippen LogP contribution is 2.07. The van der Waals surface area contributed by atoms with Gasteiger partial charge < -0.3 is 0 Å². The summed E-state index contributed by atoms with van der Waals surface area (Å²) in [6, 6.07) is 6.90. The van der Waals surface area contributed by atoms with Crippen LogP contribution in [0, 0.1) is 12.3 Å². The van der Waals surface area contributed by atoms with Crippen LogP contribution in [-0.2, 0) is 0 Å². The molecule has 0 aliphatic heterocycles. The molecule has 54 valence electrons. The zero-order valence-electron chi connectivity index (χ0n) is 5.67. The number of carbonyl (C=O) groups excluding carboxylic acids is 1. The van der Waals surface area contributed by atoms with Crippen LogP contribution >= 0.6 is 15.9 Å². The lowest BCUT2D eigenvalue weighted by molar-refractivity contribution is 0.109. The van der Waals surface area contributed by atoms with Gasteiger partial charge in [-0.15, -0.1) is 6.42 Å². The Morgan fingerprint density at radius 1 is 1.55 bits per heavy atom. The van der Waals surface area contributed by atoms with Crippen molar-refractivity contribution >= 4 is 20.6 Å². The smallest absolute Gasteiger partial charge is 0.228 e. The molecule has 0 radical (unpaired) electrons. The summed E-state index contributed by atoms with van der Waals surface area (Å²) in [5.41, 5.74) is 1.30. The van der Waals surface area contributed by atoms with Crippen LogP contribution in [0.15, 0.2) is 24.3 Å². The Balaban J connectivity index is 3.13. The molecule has 0 spiro atoms.